The Kier molecular flexibility index (Phi) is 3.90. The van der Waals surface area contributed by atoms with Gasteiger partial charge in [-0.15, -0.1) is 11.3 Å². The molecule has 0 saturated heterocycles. The van der Waals surface area contributed by atoms with Gasteiger partial charge >= 0.3 is 0 Å². The highest BCUT2D eigenvalue weighted by Gasteiger charge is 2.42. The van der Waals surface area contributed by atoms with Crippen LogP contribution in [0.5, 0.6) is 0 Å². The fourth-order valence-corrected chi connectivity index (χ4v) is 3.04. The van der Waals surface area contributed by atoms with Gasteiger partial charge in [-0.25, -0.2) is 0 Å². The molecule has 1 atom stereocenters. The van der Waals surface area contributed by atoms with Crippen molar-refractivity contribution in [1.29, 1.82) is 0 Å². The molecule has 0 aliphatic heterocycles. The zero-order valence-electron chi connectivity index (χ0n) is 9.50. The van der Waals surface area contributed by atoms with Gasteiger partial charge in [-0.1, -0.05) is 11.6 Å². The molecule has 0 aromatic carbocycles. The number of hydrogen-bond donors (Lipinski definition) is 2. The van der Waals surface area contributed by atoms with Crippen LogP contribution in [0.2, 0.25) is 4.34 Å². The quantitative estimate of drug-likeness (QED) is 0.824. The number of halogens is 1. The number of hydrogen-bond acceptors (Lipinski definition) is 3. The lowest BCUT2D eigenvalue weighted by molar-refractivity contribution is 0.218. The summed E-state index contributed by atoms with van der Waals surface area (Å²) in [4.78, 5) is 1.34. The van der Waals surface area contributed by atoms with Crippen molar-refractivity contribution in [2.75, 3.05) is 6.61 Å². The summed E-state index contributed by atoms with van der Waals surface area (Å²) >= 11 is 7.54. The lowest BCUT2D eigenvalue weighted by Crippen LogP contribution is -2.41. The first-order valence-electron chi connectivity index (χ1n) is 5.76. The monoisotopic (exact) mass is 259 g/mol. The second-order valence-electron chi connectivity index (χ2n) is 4.73. The molecule has 0 spiro atoms. The molecular formula is C12H18ClNOS. The first-order valence-corrected chi connectivity index (χ1v) is 6.96. The molecule has 1 fully saturated rings. The van der Waals surface area contributed by atoms with Gasteiger partial charge in [-0.3, -0.25) is 0 Å². The van der Waals surface area contributed by atoms with Crippen molar-refractivity contribution in [2.45, 2.75) is 44.2 Å². The fourth-order valence-electron chi connectivity index (χ4n) is 1.94. The second kappa shape index (κ2) is 5.05. The maximum Gasteiger partial charge on any atom is 0.0931 e. The SMILES string of the molecule is CC(CCc1ccc(Cl)s1)NC1(CO)CC1. The van der Waals surface area contributed by atoms with Crippen molar-refractivity contribution in [3.63, 3.8) is 0 Å². The highest BCUT2D eigenvalue weighted by molar-refractivity contribution is 7.16. The molecule has 0 radical (unpaired) electrons. The van der Waals surface area contributed by atoms with Crippen LogP contribution in [0.3, 0.4) is 0 Å². The maximum atomic E-state index is 9.22. The summed E-state index contributed by atoms with van der Waals surface area (Å²) in [6.07, 6.45) is 4.38. The van der Waals surface area contributed by atoms with Crippen LogP contribution in [0.15, 0.2) is 12.1 Å². The Balaban J connectivity index is 1.73. The summed E-state index contributed by atoms with van der Waals surface area (Å²) in [5, 5.41) is 12.7. The molecule has 90 valence electrons. The van der Waals surface area contributed by atoms with Crippen LogP contribution in [0, 0.1) is 0 Å². The van der Waals surface area contributed by atoms with Gasteiger partial charge in [-0.2, -0.15) is 0 Å². The Bertz CT molecular complexity index is 349. The van der Waals surface area contributed by atoms with Gasteiger partial charge in [0.1, 0.15) is 0 Å². The highest BCUT2D eigenvalue weighted by Crippen LogP contribution is 2.35. The van der Waals surface area contributed by atoms with E-state index in [9.17, 15) is 5.11 Å². The molecule has 1 saturated carbocycles. The first-order chi connectivity index (χ1) is 7.63. The maximum absolute atomic E-state index is 9.22. The summed E-state index contributed by atoms with van der Waals surface area (Å²) in [5.41, 5.74) is 0.0481. The third-order valence-corrected chi connectivity index (χ3v) is 4.45. The molecule has 0 amide bonds. The molecule has 1 unspecified atom stereocenters. The molecule has 4 heteroatoms. The Hall–Kier alpha value is -0.0900. The van der Waals surface area contributed by atoms with Crippen molar-refractivity contribution in [2.24, 2.45) is 0 Å². The van der Waals surface area contributed by atoms with E-state index in [1.165, 1.54) is 4.88 Å². The average molecular weight is 260 g/mol. The van der Waals surface area contributed by atoms with E-state index >= 15 is 0 Å². The second-order valence-corrected chi connectivity index (χ2v) is 6.53. The Labute approximate surface area is 106 Å². The van der Waals surface area contributed by atoms with Crippen LogP contribution in [-0.2, 0) is 6.42 Å². The predicted molar refractivity (Wildman–Crippen MR) is 69.3 cm³/mol. The summed E-state index contributed by atoms with van der Waals surface area (Å²) in [7, 11) is 0. The van der Waals surface area contributed by atoms with Crippen molar-refractivity contribution < 1.29 is 5.11 Å². The minimum Gasteiger partial charge on any atom is -0.394 e. The predicted octanol–water partition coefficient (Wildman–Crippen LogP) is 2.84. The van der Waals surface area contributed by atoms with E-state index in [0.717, 1.165) is 30.0 Å². The van der Waals surface area contributed by atoms with Crippen LogP contribution in [0.1, 0.15) is 31.1 Å². The molecule has 2 nitrogen and oxygen atoms in total. The molecule has 2 rings (SSSR count). The Morgan fingerprint density at radius 2 is 2.31 bits per heavy atom. The van der Waals surface area contributed by atoms with Crippen molar-refractivity contribution >= 4 is 22.9 Å². The molecule has 1 aromatic rings. The first kappa shape index (κ1) is 12.4. The van der Waals surface area contributed by atoms with E-state index < -0.39 is 0 Å². The minimum absolute atomic E-state index is 0.0481. The average Bonchev–Trinajstić information content (AvgIpc) is 2.91. The molecular weight excluding hydrogens is 242 g/mol. The number of thiophene rings is 1. The zero-order valence-corrected chi connectivity index (χ0v) is 11.1. The molecule has 1 aliphatic carbocycles. The van der Waals surface area contributed by atoms with E-state index in [4.69, 9.17) is 11.6 Å². The van der Waals surface area contributed by atoms with E-state index in [1.54, 1.807) is 11.3 Å². The van der Waals surface area contributed by atoms with Gasteiger partial charge in [0, 0.05) is 16.5 Å². The topological polar surface area (TPSA) is 32.3 Å². The van der Waals surface area contributed by atoms with Gasteiger partial charge < -0.3 is 10.4 Å². The number of aliphatic hydroxyl groups is 1. The standard InChI is InChI=1S/C12H18ClNOS/c1-9(14-12(8-15)6-7-12)2-3-10-4-5-11(13)16-10/h4-5,9,14-15H,2-3,6-8H2,1H3. The molecule has 16 heavy (non-hydrogen) atoms. The van der Waals surface area contributed by atoms with Gasteiger partial charge in [0.05, 0.1) is 10.9 Å². The lowest BCUT2D eigenvalue weighted by atomic mass is 10.1. The minimum atomic E-state index is 0.0481. The molecule has 0 bridgehead atoms. The number of rotatable bonds is 6. The normalized spacial score (nSPS) is 19.7. The zero-order chi connectivity index (χ0) is 11.6. The molecule has 2 N–H and O–H groups in total. The Morgan fingerprint density at radius 3 is 2.81 bits per heavy atom. The largest absolute Gasteiger partial charge is 0.394 e. The number of aliphatic hydroxyl groups excluding tert-OH is 1. The van der Waals surface area contributed by atoms with Crippen LogP contribution in [-0.4, -0.2) is 23.3 Å². The van der Waals surface area contributed by atoms with Crippen LogP contribution >= 0.6 is 22.9 Å². The summed E-state index contributed by atoms with van der Waals surface area (Å²) in [5.74, 6) is 0. The molecule has 1 aromatic heterocycles. The van der Waals surface area contributed by atoms with E-state index in [0.29, 0.717) is 6.04 Å². The van der Waals surface area contributed by atoms with Crippen molar-refractivity contribution in [3.8, 4) is 0 Å². The highest BCUT2D eigenvalue weighted by atomic mass is 35.5. The third-order valence-electron chi connectivity index (χ3n) is 3.16. The Morgan fingerprint density at radius 1 is 1.56 bits per heavy atom. The van der Waals surface area contributed by atoms with Crippen LogP contribution in [0.25, 0.3) is 0 Å². The van der Waals surface area contributed by atoms with Crippen molar-refractivity contribution in [1.82, 2.24) is 5.32 Å². The fraction of sp³-hybridized carbons (Fsp3) is 0.667. The summed E-state index contributed by atoms with van der Waals surface area (Å²) in [6.45, 7) is 2.45. The van der Waals surface area contributed by atoms with Gasteiger partial charge in [0.2, 0.25) is 0 Å². The smallest absolute Gasteiger partial charge is 0.0931 e. The van der Waals surface area contributed by atoms with Crippen LogP contribution < -0.4 is 5.32 Å². The lowest BCUT2D eigenvalue weighted by Gasteiger charge is -2.20. The molecule has 1 aliphatic rings. The summed E-state index contributed by atoms with van der Waals surface area (Å²) in [6, 6.07) is 4.50. The number of aryl methyl sites for hydroxylation is 1. The van der Waals surface area contributed by atoms with E-state index in [1.807, 2.05) is 6.07 Å². The van der Waals surface area contributed by atoms with Gasteiger partial charge in [-0.05, 0) is 44.7 Å². The third kappa shape index (κ3) is 3.20. The number of nitrogens with one attached hydrogen (secondary N) is 1. The van der Waals surface area contributed by atoms with Crippen LogP contribution in [0.4, 0.5) is 0 Å². The summed E-state index contributed by atoms with van der Waals surface area (Å²) < 4.78 is 0.865. The van der Waals surface area contributed by atoms with Crippen molar-refractivity contribution in [3.05, 3.63) is 21.3 Å². The van der Waals surface area contributed by atoms with E-state index in [-0.39, 0.29) is 12.1 Å². The molecule has 1 heterocycles. The van der Waals surface area contributed by atoms with E-state index in [2.05, 4.69) is 18.3 Å². The van der Waals surface area contributed by atoms with Gasteiger partial charge in [0.15, 0.2) is 0 Å². The van der Waals surface area contributed by atoms with Gasteiger partial charge in [0.25, 0.3) is 0 Å².